The summed E-state index contributed by atoms with van der Waals surface area (Å²) in [4.78, 5) is 29.1. The molecular weight excluding hydrogens is 270 g/mol. The first-order chi connectivity index (χ1) is 9.06. The Bertz CT molecular complexity index is 695. The number of carbonyl (C=O) groups is 2. The molecule has 1 aromatic heterocycles. The van der Waals surface area contributed by atoms with Gasteiger partial charge in [0.25, 0.3) is 11.7 Å². The zero-order valence-corrected chi connectivity index (χ0v) is 10.6. The van der Waals surface area contributed by atoms with Crippen LogP contribution < -0.4 is 4.90 Å². The maximum atomic E-state index is 11.9. The van der Waals surface area contributed by atoms with Gasteiger partial charge in [-0.25, -0.2) is 0 Å². The number of rotatable bonds is 2. The van der Waals surface area contributed by atoms with Crippen LogP contribution >= 0.6 is 11.6 Å². The van der Waals surface area contributed by atoms with Crippen LogP contribution in [0.15, 0.2) is 22.7 Å². The predicted octanol–water partition coefficient (Wildman–Crippen LogP) is 1.76. The molecule has 0 saturated heterocycles. The molecule has 3 rings (SSSR count). The fourth-order valence-corrected chi connectivity index (χ4v) is 2.14. The molecule has 1 aliphatic heterocycles. The molecule has 1 aliphatic rings. The SMILES string of the molecule is Cc1nc(CN2C(=O)C(=O)c3ccc(Cl)cc32)no1. The number of benzene rings is 1. The van der Waals surface area contributed by atoms with E-state index in [-0.39, 0.29) is 6.54 Å². The van der Waals surface area contributed by atoms with Crippen molar-refractivity contribution in [2.24, 2.45) is 0 Å². The zero-order valence-electron chi connectivity index (χ0n) is 9.88. The van der Waals surface area contributed by atoms with Crippen molar-refractivity contribution in [3.05, 3.63) is 40.5 Å². The van der Waals surface area contributed by atoms with E-state index in [0.29, 0.717) is 28.0 Å². The van der Waals surface area contributed by atoms with E-state index < -0.39 is 11.7 Å². The number of Topliss-reactive ketones (excluding diaryl/α,β-unsaturated/α-hetero) is 1. The van der Waals surface area contributed by atoms with Crippen LogP contribution in [-0.2, 0) is 11.3 Å². The van der Waals surface area contributed by atoms with Gasteiger partial charge in [-0.05, 0) is 18.2 Å². The van der Waals surface area contributed by atoms with Gasteiger partial charge in [-0.2, -0.15) is 4.98 Å². The number of hydrogen-bond donors (Lipinski definition) is 0. The van der Waals surface area contributed by atoms with Gasteiger partial charge in [0.2, 0.25) is 5.89 Å². The van der Waals surface area contributed by atoms with Crippen LogP contribution in [0.3, 0.4) is 0 Å². The van der Waals surface area contributed by atoms with Crippen LogP contribution in [0.1, 0.15) is 22.1 Å². The topological polar surface area (TPSA) is 76.3 Å². The second-order valence-corrected chi connectivity index (χ2v) is 4.55. The van der Waals surface area contributed by atoms with Crippen LogP contribution in [0.2, 0.25) is 5.02 Å². The lowest BCUT2D eigenvalue weighted by Crippen LogP contribution is -2.29. The summed E-state index contributed by atoms with van der Waals surface area (Å²) in [5.74, 6) is -0.419. The standard InChI is InChI=1S/C12H8ClN3O3/c1-6-14-10(15-19-6)5-16-9-4-7(13)2-3-8(9)11(17)12(16)18/h2-4H,5H2,1H3. The molecule has 96 valence electrons. The predicted molar refractivity (Wildman–Crippen MR) is 66.0 cm³/mol. The highest BCUT2D eigenvalue weighted by molar-refractivity contribution is 6.52. The number of carbonyl (C=O) groups excluding carboxylic acids is 2. The van der Waals surface area contributed by atoms with Gasteiger partial charge in [-0.3, -0.25) is 14.5 Å². The van der Waals surface area contributed by atoms with E-state index in [0.717, 1.165) is 0 Å². The van der Waals surface area contributed by atoms with Crippen LogP contribution in [0.5, 0.6) is 0 Å². The van der Waals surface area contributed by atoms with Gasteiger partial charge in [0.15, 0.2) is 5.82 Å². The van der Waals surface area contributed by atoms with E-state index in [1.54, 1.807) is 25.1 Å². The molecule has 0 spiro atoms. The molecule has 0 N–H and O–H groups in total. The molecule has 0 saturated carbocycles. The van der Waals surface area contributed by atoms with E-state index in [4.69, 9.17) is 16.1 Å². The lowest BCUT2D eigenvalue weighted by molar-refractivity contribution is -0.114. The third-order valence-electron chi connectivity index (χ3n) is 2.80. The number of aromatic nitrogens is 2. The number of hydrogen-bond acceptors (Lipinski definition) is 5. The Morgan fingerprint density at radius 2 is 2.16 bits per heavy atom. The van der Waals surface area contributed by atoms with E-state index in [1.165, 1.54) is 4.90 Å². The van der Waals surface area contributed by atoms with Crippen molar-refractivity contribution >= 4 is 29.0 Å². The summed E-state index contributed by atoms with van der Waals surface area (Å²) in [5.41, 5.74) is 0.819. The van der Waals surface area contributed by atoms with Gasteiger partial charge in [0, 0.05) is 11.9 Å². The van der Waals surface area contributed by atoms with E-state index >= 15 is 0 Å². The first kappa shape index (κ1) is 11.9. The number of nitrogens with zero attached hydrogens (tertiary/aromatic N) is 3. The molecule has 0 bridgehead atoms. The van der Waals surface area contributed by atoms with E-state index in [2.05, 4.69) is 10.1 Å². The minimum absolute atomic E-state index is 0.0786. The van der Waals surface area contributed by atoms with Crippen molar-refractivity contribution in [3.8, 4) is 0 Å². The molecule has 0 radical (unpaired) electrons. The van der Waals surface area contributed by atoms with Crippen molar-refractivity contribution in [1.29, 1.82) is 0 Å². The Hall–Kier alpha value is -2.21. The first-order valence-electron chi connectivity index (χ1n) is 5.51. The van der Waals surface area contributed by atoms with E-state index in [1.807, 2.05) is 0 Å². The molecule has 2 heterocycles. The summed E-state index contributed by atoms with van der Waals surface area (Å²) in [5, 5.41) is 4.16. The quantitative estimate of drug-likeness (QED) is 0.782. The number of aryl methyl sites for hydroxylation is 1. The van der Waals surface area contributed by atoms with Gasteiger partial charge in [0.1, 0.15) is 0 Å². The Labute approximate surface area is 113 Å². The number of ketones is 1. The van der Waals surface area contributed by atoms with Crippen LogP contribution in [0.25, 0.3) is 0 Å². The van der Waals surface area contributed by atoms with Crippen LogP contribution in [0.4, 0.5) is 5.69 Å². The molecule has 6 nitrogen and oxygen atoms in total. The highest BCUT2D eigenvalue weighted by atomic mass is 35.5. The fourth-order valence-electron chi connectivity index (χ4n) is 1.97. The highest BCUT2D eigenvalue weighted by Crippen LogP contribution is 2.32. The van der Waals surface area contributed by atoms with Gasteiger partial charge < -0.3 is 4.52 Å². The summed E-state index contributed by atoms with van der Waals surface area (Å²) in [6, 6.07) is 4.69. The lowest BCUT2D eigenvalue weighted by atomic mass is 10.1. The van der Waals surface area contributed by atoms with Crippen molar-refractivity contribution < 1.29 is 14.1 Å². The maximum Gasteiger partial charge on any atom is 0.299 e. The number of amides is 1. The average Bonchev–Trinajstić information content (AvgIpc) is 2.88. The molecular formula is C12H8ClN3O3. The molecule has 7 heteroatoms. The highest BCUT2D eigenvalue weighted by Gasteiger charge is 2.36. The van der Waals surface area contributed by atoms with Crippen molar-refractivity contribution in [2.45, 2.75) is 13.5 Å². The smallest absolute Gasteiger partial charge is 0.299 e. The zero-order chi connectivity index (χ0) is 13.6. The largest absolute Gasteiger partial charge is 0.340 e. The second kappa shape index (κ2) is 4.17. The molecule has 0 fully saturated rings. The van der Waals surface area contributed by atoms with Crippen LogP contribution in [-0.4, -0.2) is 21.8 Å². The molecule has 19 heavy (non-hydrogen) atoms. The maximum absolute atomic E-state index is 11.9. The van der Waals surface area contributed by atoms with Crippen LogP contribution in [0, 0.1) is 6.92 Å². The molecule has 0 unspecified atom stereocenters. The summed E-state index contributed by atoms with van der Waals surface area (Å²) in [6.45, 7) is 1.73. The lowest BCUT2D eigenvalue weighted by Gasteiger charge is -2.13. The molecule has 1 amide bonds. The first-order valence-corrected chi connectivity index (χ1v) is 5.89. The van der Waals surface area contributed by atoms with Gasteiger partial charge in [-0.15, -0.1) is 0 Å². The number of anilines is 1. The minimum Gasteiger partial charge on any atom is -0.340 e. The fraction of sp³-hybridized carbons (Fsp3) is 0.167. The Morgan fingerprint density at radius 1 is 1.37 bits per heavy atom. The normalized spacial score (nSPS) is 14.1. The van der Waals surface area contributed by atoms with Gasteiger partial charge in [-0.1, -0.05) is 16.8 Å². The molecule has 0 aliphatic carbocycles. The third-order valence-corrected chi connectivity index (χ3v) is 3.04. The molecule has 1 aromatic carbocycles. The second-order valence-electron chi connectivity index (χ2n) is 4.11. The minimum atomic E-state index is -0.611. The average molecular weight is 278 g/mol. The van der Waals surface area contributed by atoms with Gasteiger partial charge >= 0.3 is 0 Å². The number of fused-ring (bicyclic) bond motifs is 1. The van der Waals surface area contributed by atoms with E-state index in [9.17, 15) is 9.59 Å². The Morgan fingerprint density at radius 3 is 2.84 bits per heavy atom. The summed E-state index contributed by atoms with van der Waals surface area (Å²) in [7, 11) is 0. The summed E-state index contributed by atoms with van der Waals surface area (Å²) >= 11 is 5.89. The molecule has 0 atom stereocenters. The number of halogens is 1. The molecule has 2 aromatic rings. The Kier molecular flexibility index (Phi) is 2.60. The third kappa shape index (κ3) is 1.90. The van der Waals surface area contributed by atoms with Crippen molar-refractivity contribution in [1.82, 2.24) is 10.1 Å². The van der Waals surface area contributed by atoms with Gasteiger partial charge in [0.05, 0.1) is 17.8 Å². The monoisotopic (exact) mass is 277 g/mol. The summed E-state index contributed by atoms with van der Waals surface area (Å²) in [6.07, 6.45) is 0. The summed E-state index contributed by atoms with van der Waals surface area (Å²) < 4.78 is 4.84. The Balaban J connectivity index is 2.01. The van der Waals surface area contributed by atoms with Crippen molar-refractivity contribution in [3.63, 3.8) is 0 Å². The van der Waals surface area contributed by atoms with Crippen molar-refractivity contribution in [2.75, 3.05) is 4.90 Å².